The second-order valence-corrected chi connectivity index (χ2v) is 8.36. The highest BCUT2D eigenvalue weighted by Crippen LogP contribution is 2.29. The van der Waals surface area contributed by atoms with Crippen LogP contribution in [0.4, 0.5) is 0 Å². The number of Topliss-reactive ketones (excluding diaryl/α,β-unsaturated/α-hetero) is 1. The molecule has 0 saturated carbocycles. The molecular weight excluding hydrogens is 376 g/mol. The number of hydrogen-bond donors (Lipinski definition) is 1. The van der Waals surface area contributed by atoms with Gasteiger partial charge in [-0.2, -0.15) is 0 Å². The monoisotopic (exact) mass is 408 g/mol. The maximum Gasteiger partial charge on any atom is 0.269 e. The van der Waals surface area contributed by atoms with E-state index in [0.29, 0.717) is 18.4 Å². The van der Waals surface area contributed by atoms with Gasteiger partial charge >= 0.3 is 0 Å². The highest BCUT2D eigenvalue weighted by molar-refractivity contribution is 5.99. The van der Waals surface area contributed by atoms with Crippen molar-refractivity contribution in [2.75, 3.05) is 13.7 Å². The van der Waals surface area contributed by atoms with E-state index >= 15 is 0 Å². The Hall–Kier alpha value is -2.53. The van der Waals surface area contributed by atoms with E-state index in [9.17, 15) is 9.59 Å². The SMILES string of the molecule is CNC(=O)c1cc(C(=O)CCCC[C@@]2(C)CCCCO2)cc(Cc2ccccc2)n1. The predicted molar refractivity (Wildman–Crippen MR) is 118 cm³/mol. The molecule has 30 heavy (non-hydrogen) atoms. The van der Waals surface area contributed by atoms with E-state index in [0.717, 1.165) is 50.0 Å². The highest BCUT2D eigenvalue weighted by atomic mass is 16.5. The van der Waals surface area contributed by atoms with Gasteiger partial charge in [-0.3, -0.25) is 9.59 Å². The Bertz CT molecular complexity index is 858. The lowest BCUT2D eigenvalue weighted by Gasteiger charge is -2.34. The molecule has 1 saturated heterocycles. The van der Waals surface area contributed by atoms with Gasteiger partial charge in [0.2, 0.25) is 0 Å². The standard InChI is InChI=1S/C25H32N2O3/c1-25(14-8-9-15-30-25)13-7-6-12-23(28)20-17-21(16-19-10-4-3-5-11-19)27-22(18-20)24(29)26-2/h3-5,10-11,17-18H,6-9,12-16H2,1-2H3,(H,26,29)/t25-/m0/s1. The number of hydrogen-bond acceptors (Lipinski definition) is 4. The summed E-state index contributed by atoms with van der Waals surface area (Å²) in [6.07, 6.45) is 7.30. The van der Waals surface area contributed by atoms with Crippen molar-refractivity contribution in [3.8, 4) is 0 Å². The number of benzene rings is 1. The van der Waals surface area contributed by atoms with Gasteiger partial charge in [-0.1, -0.05) is 36.8 Å². The van der Waals surface area contributed by atoms with Crippen LogP contribution in [0.15, 0.2) is 42.5 Å². The zero-order valence-electron chi connectivity index (χ0n) is 18.1. The zero-order valence-corrected chi connectivity index (χ0v) is 18.1. The van der Waals surface area contributed by atoms with Gasteiger partial charge in [0.05, 0.1) is 5.60 Å². The van der Waals surface area contributed by atoms with Crippen molar-refractivity contribution in [1.29, 1.82) is 0 Å². The third-order valence-electron chi connectivity index (χ3n) is 5.80. The predicted octanol–water partition coefficient (Wildman–Crippen LogP) is 4.73. The van der Waals surface area contributed by atoms with Crippen molar-refractivity contribution in [2.24, 2.45) is 0 Å². The second kappa shape index (κ2) is 10.5. The molecular formula is C25H32N2O3. The molecule has 1 aromatic carbocycles. The topological polar surface area (TPSA) is 68.3 Å². The fraction of sp³-hybridized carbons (Fsp3) is 0.480. The van der Waals surface area contributed by atoms with E-state index in [2.05, 4.69) is 17.2 Å². The average Bonchev–Trinajstić information content (AvgIpc) is 2.77. The summed E-state index contributed by atoms with van der Waals surface area (Å²) in [6.45, 7) is 3.03. The van der Waals surface area contributed by atoms with E-state index in [-0.39, 0.29) is 23.0 Å². The Kier molecular flexibility index (Phi) is 7.75. The Morgan fingerprint density at radius 2 is 1.93 bits per heavy atom. The lowest BCUT2D eigenvalue weighted by atomic mass is 9.90. The lowest BCUT2D eigenvalue weighted by Crippen LogP contribution is -2.32. The Morgan fingerprint density at radius 3 is 2.63 bits per heavy atom. The number of aromatic nitrogens is 1. The van der Waals surface area contributed by atoms with Gasteiger partial charge in [-0.25, -0.2) is 4.98 Å². The van der Waals surface area contributed by atoms with Crippen molar-refractivity contribution < 1.29 is 14.3 Å². The average molecular weight is 409 g/mol. The van der Waals surface area contributed by atoms with Crippen LogP contribution in [0.3, 0.4) is 0 Å². The summed E-state index contributed by atoms with van der Waals surface area (Å²) in [7, 11) is 1.57. The fourth-order valence-electron chi connectivity index (χ4n) is 4.01. The quantitative estimate of drug-likeness (QED) is 0.481. The lowest BCUT2D eigenvalue weighted by molar-refractivity contribution is -0.0712. The fourth-order valence-corrected chi connectivity index (χ4v) is 4.01. The molecule has 2 heterocycles. The molecule has 1 N–H and O–H groups in total. The van der Waals surface area contributed by atoms with Gasteiger partial charge in [-0.05, 0) is 56.7 Å². The van der Waals surface area contributed by atoms with Crippen LogP contribution in [0.5, 0.6) is 0 Å². The van der Waals surface area contributed by atoms with Gasteiger partial charge in [-0.15, -0.1) is 0 Å². The molecule has 5 nitrogen and oxygen atoms in total. The molecule has 5 heteroatoms. The second-order valence-electron chi connectivity index (χ2n) is 8.36. The number of amides is 1. The van der Waals surface area contributed by atoms with Crippen LogP contribution in [0.2, 0.25) is 0 Å². The van der Waals surface area contributed by atoms with Crippen molar-refractivity contribution in [1.82, 2.24) is 10.3 Å². The first-order valence-corrected chi connectivity index (χ1v) is 10.9. The van der Waals surface area contributed by atoms with Gasteiger partial charge in [0.15, 0.2) is 5.78 Å². The first-order valence-electron chi connectivity index (χ1n) is 10.9. The number of pyridine rings is 1. The highest BCUT2D eigenvalue weighted by Gasteiger charge is 2.27. The minimum Gasteiger partial charge on any atom is -0.375 e. The molecule has 0 unspecified atom stereocenters. The van der Waals surface area contributed by atoms with E-state index < -0.39 is 0 Å². The molecule has 0 bridgehead atoms. The number of nitrogens with zero attached hydrogens (tertiary/aromatic N) is 1. The summed E-state index contributed by atoms with van der Waals surface area (Å²) in [5.74, 6) is -0.215. The Labute approximate surface area is 179 Å². The maximum atomic E-state index is 12.9. The van der Waals surface area contributed by atoms with E-state index in [1.807, 2.05) is 36.4 Å². The molecule has 1 aliphatic heterocycles. The number of unbranched alkanes of at least 4 members (excludes halogenated alkanes) is 1. The minimum atomic E-state index is -0.277. The summed E-state index contributed by atoms with van der Waals surface area (Å²) in [5, 5.41) is 2.60. The van der Waals surface area contributed by atoms with Crippen LogP contribution in [0.1, 0.15) is 84.0 Å². The third-order valence-corrected chi connectivity index (χ3v) is 5.80. The molecule has 160 valence electrons. The largest absolute Gasteiger partial charge is 0.375 e. The summed E-state index contributed by atoms with van der Waals surface area (Å²) in [5.41, 5.74) is 2.65. The van der Waals surface area contributed by atoms with Gasteiger partial charge < -0.3 is 10.1 Å². The Balaban J connectivity index is 1.64. The molecule has 2 aromatic rings. The van der Waals surface area contributed by atoms with E-state index in [4.69, 9.17) is 4.74 Å². The molecule has 0 spiro atoms. The summed E-state index contributed by atoms with van der Waals surface area (Å²) >= 11 is 0. The number of carbonyl (C=O) groups excluding carboxylic acids is 2. The zero-order chi connectivity index (χ0) is 21.4. The molecule has 0 radical (unpaired) electrons. The van der Waals surface area contributed by atoms with Gasteiger partial charge in [0, 0.05) is 37.8 Å². The third kappa shape index (κ3) is 6.23. The van der Waals surface area contributed by atoms with Crippen LogP contribution < -0.4 is 5.32 Å². The van der Waals surface area contributed by atoms with Crippen molar-refractivity contribution in [3.63, 3.8) is 0 Å². The molecule has 1 aliphatic rings. The Morgan fingerprint density at radius 1 is 1.13 bits per heavy atom. The number of ketones is 1. The number of rotatable bonds is 9. The normalized spacial score (nSPS) is 18.7. The van der Waals surface area contributed by atoms with Crippen LogP contribution in [-0.2, 0) is 11.2 Å². The van der Waals surface area contributed by atoms with Crippen LogP contribution >= 0.6 is 0 Å². The van der Waals surface area contributed by atoms with Crippen molar-refractivity contribution in [3.05, 3.63) is 65.0 Å². The first kappa shape index (κ1) is 22.2. The van der Waals surface area contributed by atoms with Gasteiger partial charge in [0.1, 0.15) is 5.69 Å². The van der Waals surface area contributed by atoms with Crippen molar-refractivity contribution >= 4 is 11.7 Å². The first-order chi connectivity index (χ1) is 14.5. The summed E-state index contributed by atoms with van der Waals surface area (Å²) in [6, 6.07) is 13.4. The smallest absolute Gasteiger partial charge is 0.269 e. The summed E-state index contributed by atoms with van der Waals surface area (Å²) < 4.78 is 5.95. The van der Waals surface area contributed by atoms with Gasteiger partial charge in [0.25, 0.3) is 5.91 Å². The van der Waals surface area contributed by atoms with Crippen LogP contribution in [0, 0.1) is 0 Å². The molecule has 1 atom stereocenters. The minimum absolute atomic E-state index is 0.0345. The summed E-state index contributed by atoms with van der Waals surface area (Å²) in [4.78, 5) is 29.5. The van der Waals surface area contributed by atoms with E-state index in [1.165, 1.54) is 6.42 Å². The van der Waals surface area contributed by atoms with Crippen LogP contribution in [-0.4, -0.2) is 35.9 Å². The van der Waals surface area contributed by atoms with Crippen LogP contribution in [0.25, 0.3) is 0 Å². The van der Waals surface area contributed by atoms with Crippen molar-refractivity contribution in [2.45, 2.75) is 63.9 Å². The van der Waals surface area contributed by atoms with E-state index in [1.54, 1.807) is 13.1 Å². The number of nitrogens with one attached hydrogen (secondary N) is 1. The molecule has 3 rings (SSSR count). The molecule has 0 aliphatic carbocycles. The maximum absolute atomic E-state index is 12.9. The molecule has 1 amide bonds. The molecule has 1 aromatic heterocycles. The molecule has 1 fully saturated rings. The number of ether oxygens (including phenoxy) is 1. The number of carbonyl (C=O) groups is 2.